The van der Waals surface area contributed by atoms with Crippen LogP contribution in [0.3, 0.4) is 0 Å². The van der Waals surface area contributed by atoms with Gasteiger partial charge < -0.3 is 5.32 Å². The number of aryl methyl sites for hydroxylation is 2. The third-order valence-electron chi connectivity index (χ3n) is 5.08. The lowest BCUT2D eigenvalue weighted by atomic mass is 9.92. The third-order valence-corrected chi connectivity index (χ3v) is 6.24. The molecule has 1 aromatic carbocycles. The molecule has 1 atom stereocenters. The molecule has 1 N–H and O–H groups in total. The van der Waals surface area contributed by atoms with Crippen LogP contribution in [0.1, 0.15) is 41.8 Å². The molecule has 1 aliphatic carbocycles. The number of nitrogens with one attached hydrogen (secondary N) is 1. The fraction of sp³-hybridized carbons (Fsp3) is 0.429. The van der Waals surface area contributed by atoms with Crippen molar-refractivity contribution >= 4 is 21.6 Å². The highest BCUT2D eigenvalue weighted by atomic mass is 32.1. The molecule has 3 aromatic rings. The molecule has 0 radical (unpaired) electrons. The van der Waals surface area contributed by atoms with Gasteiger partial charge in [-0.3, -0.25) is 9.36 Å². The highest BCUT2D eigenvalue weighted by molar-refractivity contribution is 7.18. The first kappa shape index (κ1) is 17.4. The Kier molecular flexibility index (Phi) is 4.67. The van der Waals surface area contributed by atoms with Crippen molar-refractivity contribution in [3.63, 3.8) is 0 Å². The van der Waals surface area contributed by atoms with Crippen molar-refractivity contribution in [2.45, 2.75) is 58.7 Å². The van der Waals surface area contributed by atoms with Crippen molar-refractivity contribution in [3.05, 3.63) is 62.5 Å². The molecule has 2 heterocycles. The molecule has 4 rings (SSSR count). The zero-order valence-electron chi connectivity index (χ0n) is 15.6. The van der Waals surface area contributed by atoms with Crippen LogP contribution in [-0.4, -0.2) is 21.6 Å². The number of hydrogen-bond donors (Lipinski definition) is 1. The van der Waals surface area contributed by atoms with Crippen molar-refractivity contribution in [1.82, 2.24) is 14.9 Å². The molecule has 0 saturated heterocycles. The van der Waals surface area contributed by atoms with Crippen LogP contribution in [0.2, 0.25) is 0 Å². The molecule has 136 valence electrons. The van der Waals surface area contributed by atoms with Gasteiger partial charge in [0.15, 0.2) is 0 Å². The van der Waals surface area contributed by atoms with Gasteiger partial charge in [0, 0.05) is 17.0 Å². The largest absolute Gasteiger partial charge is 0.311 e. The molecule has 0 amide bonds. The van der Waals surface area contributed by atoms with Gasteiger partial charge in [-0.05, 0) is 37.3 Å². The molecule has 0 spiro atoms. The van der Waals surface area contributed by atoms with Gasteiger partial charge in [-0.15, -0.1) is 11.3 Å². The minimum Gasteiger partial charge on any atom is -0.311 e. The van der Waals surface area contributed by atoms with E-state index >= 15 is 0 Å². The normalized spacial score (nSPS) is 17.0. The highest BCUT2D eigenvalue weighted by Crippen LogP contribution is 2.33. The van der Waals surface area contributed by atoms with E-state index in [1.165, 1.54) is 16.0 Å². The second-order valence-electron chi connectivity index (χ2n) is 7.61. The Balaban J connectivity index is 1.68. The maximum Gasteiger partial charge on any atom is 0.262 e. The van der Waals surface area contributed by atoms with Crippen LogP contribution >= 0.6 is 11.3 Å². The van der Waals surface area contributed by atoms with Crippen molar-refractivity contribution in [2.24, 2.45) is 0 Å². The molecule has 2 aromatic heterocycles. The lowest BCUT2D eigenvalue weighted by Gasteiger charge is -2.25. The quantitative estimate of drug-likeness (QED) is 0.765. The maximum atomic E-state index is 13.1. The van der Waals surface area contributed by atoms with Crippen LogP contribution in [-0.2, 0) is 19.4 Å². The smallest absolute Gasteiger partial charge is 0.262 e. The first-order valence-electron chi connectivity index (χ1n) is 9.32. The molecule has 0 saturated carbocycles. The molecule has 4 nitrogen and oxygen atoms in total. The maximum absolute atomic E-state index is 13.1. The summed E-state index contributed by atoms with van der Waals surface area (Å²) in [6, 6.07) is 9.32. The molecule has 0 bridgehead atoms. The second-order valence-corrected chi connectivity index (χ2v) is 8.69. The first-order valence-corrected chi connectivity index (χ1v) is 10.1. The summed E-state index contributed by atoms with van der Waals surface area (Å²) in [5, 5.41) is 4.48. The van der Waals surface area contributed by atoms with Crippen molar-refractivity contribution < 1.29 is 0 Å². The van der Waals surface area contributed by atoms with Gasteiger partial charge in [-0.25, -0.2) is 4.98 Å². The van der Waals surface area contributed by atoms with Gasteiger partial charge >= 0.3 is 0 Å². The molecule has 5 heteroatoms. The number of rotatable bonds is 4. The minimum atomic E-state index is 0.100. The fourth-order valence-electron chi connectivity index (χ4n) is 3.82. The zero-order valence-corrected chi connectivity index (χ0v) is 16.4. The van der Waals surface area contributed by atoms with Crippen LogP contribution in [0, 0.1) is 6.92 Å². The summed E-state index contributed by atoms with van der Waals surface area (Å²) in [6.07, 6.45) is 4.76. The standard InChI is InChI=1S/C21H25N3OS/c1-13(2)23-16-8-9-17-18(10-16)26-20-19(17)21(25)24(12-22-20)11-15-6-4-14(3)5-7-15/h4-7,12-13,16,23H,8-11H2,1-3H3/t16-/m0/s1. The van der Waals surface area contributed by atoms with Crippen molar-refractivity contribution in [3.8, 4) is 0 Å². The van der Waals surface area contributed by atoms with E-state index in [0.29, 0.717) is 18.6 Å². The molecule has 0 aliphatic heterocycles. The Bertz CT molecular complexity index is 985. The average Bonchev–Trinajstić information content (AvgIpc) is 2.97. The monoisotopic (exact) mass is 367 g/mol. The Hall–Kier alpha value is -1.98. The Morgan fingerprint density at radius 3 is 2.81 bits per heavy atom. The third kappa shape index (κ3) is 3.33. The van der Waals surface area contributed by atoms with Crippen LogP contribution in [0.25, 0.3) is 10.2 Å². The van der Waals surface area contributed by atoms with Gasteiger partial charge in [0.05, 0.1) is 18.3 Å². The lowest BCUT2D eigenvalue weighted by molar-refractivity contribution is 0.425. The van der Waals surface area contributed by atoms with Crippen molar-refractivity contribution in [1.29, 1.82) is 0 Å². The molecular formula is C21H25N3OS. The second kappa shape index (κ2) is 6.97. The van der Waals surface area contributed by atoms with E-state index in [9.17, 15) is 4.79 Å². The van der Waals surface area contributed by atoms with E-state index in [1.807, 2.05) is 0 Å². The molecule has 0 unspecified atom stereocenters. The molecular weight excluding hydrogens is 342 g/mol. The van der Waals surface area contributed by atoms with Crippen LogP contribution in [0.5, 0.6) is 0 Å². The Morgan fingerprint density at radius 2 is 2.08 bits per heavy atom. The van der Waals surface area contributed by atoms with E-state index < -0.39 is 0 Å². The first-order chi connectivity index (χ1) is 12.5. The van der Waals surface area contributed by atoms with E-state index in [0.717, 1.165) is 35.0 Å². The molecule has 1 aliphatic rings. The predicted octanol–water partition coefficient (Wildman–Crippen LogP) is 3.67. The topological polar surface area (TPSA) is 46.9 Å². The summed E-state index contributed by atoms with van der Waals surface area (Å²) in [6.45, 7) is 7.02. The number of hydrogen-bond acceptors (Lipinski definition) is 4. The summed E-state index contributed by atoms with van der Waals surface area (Å²) in [5.41, 5.74) is 3.70. The summed E-state index contributed by atoms with van der Waals surface area (Å²) in [4.78, 5) is 19.9. The van der Waals surface area contributed by atoms with E-state index in [-0.39, 0.29) is 5.56 Å². The zero-order chi connectivity index (χ0) is 18.3. The van der Waals surface area contributed by atoms with Crippen LogP contribution in [0.4, 0.5) is 0 Å². The number of benzene rings is 1. The highest BCUT2D eigenvalue weighted by Gasteiger charge is 2.25. The van der Waals surface area contributed by atoms with Gasteiger partial charge in [-0.1, -0.05) is 43.7 Å². The summed E-state index contributed by atoms with van der Waals surface area (Å²) in [7, 11) is 0. The SMILES string of the molecule is Cc1ccc(Cn2cnc3sc4c(c3c2=O)CC[C@H](NC(C)C)C4)cc1. The van der Waals surface area contributed by atoms with E-state index in [4.69, 9.17) is 0 Å². The molecule has 26 heavy (non-hydrogen) atoms. The Morgan fingerprint density at radius 1 is 1.31 bits per heavy atom. The number of fused-ring (bicyclic) bond motifs is 3. The number of nitrogens with zero attached hydrogens (tertiary/aromatic N) is 2. The van der Waals surface area contributed by atoms with Gasteiger partial charge in [0.25, 0.3) is 5.56 Å². The lowest BCUT2D eigenvalue weighted by Crippen LogP contribution is -2.38. The van der Waals surface area contributed by atoms with Crippen LogP contribution in [0.15, 0.2) is 35.4 Å². The summed E-state index contributed by atoms with van der Waals surface area (Å²) < 4.78 is 1.75. The number of thiophene rings is 1. The van der Waals surface area contributed by atoms with Gasteiger partial charge in [0.2, 0.25) is 0 Å². The molecule has 0 fully saturated rings. The minimum absolute atomic E-state index is 0.100. The fourth-order valence-corrected chi connectivity index (χ4v) is 5.08. The average molecular weight is 368 g/mol. The summed E-state index contributed by atoms with van der Waals surface area (Å²) in [5.74, 6) is 0. The summed E-state index contributed by atoms with van der Waals surface area (Å²) >= 11 is 1.70. The van der Waals surface area contributed by atoms with Gasteiger partial charge in [-0.2, -0.15) is 0 Å². The van der Waals surface area contributed by atoms with Crippen molar-refractivity contribution in [2.75, 3.05) is 0 Å². The van der Waals surface area contributed by atoms with Gasteiger partial charge in [0.1, 0.15) is 4.83 Å². The predicted molar refractivity (Wildman–Crippen MR) is 108 cm³/mol. The van der Waals surface area contributed by atoms with E-state index in [2.05, 4.69) is 55.3 Å². The van der Waals surface area contributed by atoms with Crippen LogP contribution < -0.4 is 10.9 Å². The van der Waals surface area contributed by atoms with E-state index in [1.54, 1.807) is 22.2 Å². The Labute approximate surface area is 157 Å². The number of aromatic nitrogens is 2.